The van der Waals surface area contributed by atoms with Gasteiger partial charge < -0.3 is 40.9 Å². The summed E-state index contributed by atoms with van der Waals surface area (Å²) in [5.41, 5.74) is -9.68. The van der Waals surface area contributed by atoms with Crippen LogP contribution in [0.4, 0.5) is 0 Å². The number of carbonyl (C=O) groups excluding carboxylic acids is 1. The maximum atomic E-state index is 11.5. The Morgan fingerprint density at radius 3 is 0.977 bits per heavy atom. The second kappa shape index (κ2) is 11.5. The fraction of sp³-hybridized carbons (Fsp3) is 0.667. The number of fused-ring (bicyclic) bond motifs is 4. The van der Waals surface area contributed by atoms with Crippen molar-refractivity contribution in [2.75, 3.05) is 0 Å². The molecule has 0 aromatic carbocycles. The van der Waals surface area contributed by atoms with Crippen LogP contribution in [0.2, 0.25) is 0 Å². The standard InChI is InChI=1S/2C11H12O8.C5H8O/c2*12-6(13)5-4-1-2-10(3-4,7(14)15)11(5,8(16)17)9(18)19;6-5-3-1-2-4-5/h2*4-5H,1-3H2,(H,12,13)(H,14,15)(H,16,17)(H,18,19);1-4H2. The van der Waals surface area contributed by atoms with E-state index in [1.165, 1.54) is 0 Å². The van der Waals surface area contributed by atoms with Crippen LogP contribution in [0.15, 0.2) is 0 Å². The van der Waals surface area contributed by atoms with E-state index in [2.05, 4.69) is 0 Å². The highest BCUT2D eigenvalue weighted by Gasteiger charge is 2.81. The molecule has 8 N–H and O–H groups in total. The highest BCUT2D eigenvalue weighted by atomic mass is 16.4. The maximum absolute atomic E-state index is 11.5. The average molecular weight is 629 g/mol. The Balaban J connectivity index is 0.000000202. The summed E-state index contributed by atoms with van der Waals surface area (Å²) in [4.78, 5) is 102. The van der Waals surface area contributed by atoms with Gasteiger partial charge in [0.25, 0.3) is 0 Å². The van der Waals surface area contributed by atoms with Crippen molar-refractivity contribution in [2.24, 2.45) is 45.3 Å². The lowest BCUT2D eigenvalue weighted by Gasteiger charge is -2.40. The number of hydrogen-bond donors (Lipinski definition) is 8. The first-order chi connectivity index (χ1) is 20.3. The van der Waals surface area contributed by atoms with Crippen molar-refractivity contribution in [1.82, 2.24) is 0 Å². The van der Waals surface area contributed by atoms with E-state index in [1.54, 1.807) is 0 Å². The summed E-state index contributed by atoms with van der Waals surface area (Å²) in [7, 11) is 0. The number of aliphatic carboxylic acids is 8. The number of ketones is 1. The molecule has 44 heavy (non-hydrogen) atoms. The molecular weight excluding hydrogens is 596 g/mol. The Labute approximate surface area is 247 Å². The third kappa shape index (κ3) is 4.39. The van der Waals surface area contributed by atoms with Crippen LogP contribution in [-0.2, 0) is 43.2 Å². The van der Waals surface area contributed by atoms with Crippen molar-refractivity contribution in [2.45, 2.75) is 64.2 Å². The summed E-state index contributed by atoms with van der Waals surface area (Å²) in [5, 5.41) is 74.0. The van der Waals surface area contributed by atoms with E-state index in [0.29, 0.717) is 5.78 Å². The zero-order valence-corrected chi connectivity index (χ0v) is 23.1. The van der Waals surface area contributed by atoms with E-state index in [1.807, 2.05) is 0 Å². The summed E-state index contributed by atoms with van der Waals surface area (Å²) in [6.45, 7) is 0. The number of Topliss-reactive ketones (excluding diaryl/α,β-unsaturated/α-hetero) is 1. The van der Waals surface area contributed by atoms with Gasteiger partial charge in [-0.3, -0.25) is 43.2 Å². The zero-order valence-electron chi connectivity index (χ0n) is 23.1. The molecule has 17 nitrogen and oxygen atoms in total. The molecule has 0 saturated heterocycles. The van der Waals surface area contributed by atoms with Crippen LogP contribution in [0, 0.1) is 45.3 Å². The molecular formula is C27H32O17. The Morgan fingerprint density at radius 1 is 0.500 bits per heavy atom. The van der Waals surface area contributed by atoms with E-state index >= 15 is 0 Å². The molecule has 0 aromatic heterocycles. The van der Waals surface area contributed by atoms with Gasteiger partial charge in [0.05, 0.1) is 22.7 Å². The van der Waals surface area contributed by atoms with E-state index in [4.69, 9.17) is 10.2 Å². The molecule has 0 aromatic rings. The molecule has 6 unspecified atom stereocenters. The predicted octanol–water partition coefficient (Wildman–Crippen LogP) is 0.585. The molecule has 17 heteroatoms. The molecule has 242 valence electrons. The summed E-state index contributed by atoms with van der Waals surface area (Å²) in [6, 6.07) is 0. The van der Waals surface area contributed by atoms with E-state index in [-0.39, 0.29) is 38.5 Å². The van der Waals surface area contributed by atoms with Gasteiger partial charge in [-0.2, -0.15) is 0 Å². The Hall–Kier alpha value is -4.57. The largest absolute Gasteiger partial charge is 0.481 e. The molecule has 5 saturated carbocycles. The normalized spacial score (nSPS) is 33.2. The number of hydrogen-bond acceptors (Lipinski definition) is 9. The van der Waals surface area contributed by atoms with Crippen molar-refractivity contribution in [1.29, 1.82) is 0 Å². The van der Waals surface area contributed by atoms with E-state index in [9.17, 15) is 73.8 Å². The van der Waals surface area contributed by atoms with Gasteiger partial charge in [-0.1, -0.05) is 0 Å². The molecule has 0 amide bonds. The molecule has 6 atom stereocenters. The third-order valence-electron chi connectivity index (χ3n) is 10.4. The SMILES string of the molecule is O=C(O)C1C2CCC(C(=O)O)(C2)C1(C(=O)O)C(=O)O.O=C(O)C1C2CCC(C(=O)O)(C2)C1(C(=O)O)C(=O)O.O=C1CCCC1. The first-order valence-electron chi connectivity index (χ1n) is 13.7. The number of carbonyl (C=O) groups is 9. The minimum atomic E-state index is -2.80. The van der Waals surface area contributed by atoms with Crippen LogP contribution in [0.3, 0.4) is 0 Å². The number of carboxylic acid groups (broad SMARTS) is 8. The van der Waals surface area contributed by atoms with Gasteiger partial charge in [0.1, 0.15) is 5.78 Å². The number of rotatable bonds is 8. The van der Waals surface area contributed by atoms with Crippen molar-refractivity contribution >= 4 is 53.5 Å². The van der Waals surface area contributed by atoms with Crippen LogP contribution >= 0.6 is 0 Å². The molecule has 5 aliphatic rings. The summed E-state index contributed by atoms with van der Waals surface area (Å²) < 4.78 is 0. The Morgan fingerprint density at radius 2 is 0.795 bits per heavy atom. The van der Waals surface area contributed by atoms with Crippen LogP contribution in [0.1, 0.15) is 64.2 Å². The molecule has 0 spiro atoms. The third-order valence-corrected chi connectivity index (χ3v) is 10.4. The summed E-state index contributed by atoms with van der Waals surface area (Å²) in [6.07, 6.45) is 3.69. The summed E-state index contributed by atoms with van der Waals surface area (Å²) >= 11 is 0. The fourth-order valence-electron chi connectivity index (χ4n) is 8.56. The molecule has 4 bridgehead atoms. The zero-order chi connectivity index (χ0) is 33.6. The first-order valence-corrected chi connectivity index (χ1v) is 13.7. The average Bonchev–Trinajstić information content (AvgIpc) is 3.73. The minimum Gasteiger partial charge on any atom is -0.481 e. The van der Waals surface area contributed by atoms with Crippen LogP contribution in [-0.4, -0.2) is 94.4 Å². The predicted molar refractivity (Wildman–Crippen MR) is 136 cm³/mol. The van der Waals surface area contributed by atoms with Crippen molar-refractivity contribution < 1.29 is 84.0 Å². The van der Waals surface area contributed by atoms with Crippen LogP contribution < -0.4 is 0 Å². The lowest BCUT2D eigenvalue weighted by Crippen LogP contribution is -2.59. The van der Waals surface area contributed by atoms with Crippen molar-refractivity contribution in [3.8, 4) is 0 Å². The van der Waals surface area contributed by atoms with Crippen molar-refractivity contribution in [3.63, 3.8) is 0 Å². The smallest absolute Gasteiger partial charge is 0.323 e. The van der Waals surface area contributed by atoms with Crippen LogP contribution in [0.5, 0.6) is 0 Å². The second-order valence-corrected chi connectivity index (χ2v) is 12.0. The summed E-state index contributed by atoms with van der Waals surface area (Å²) in [5.74, 6) is -18.3. The molecule has 5 rings (SSSR count). The van der Waals surface area contributed by atoms with Gasteiger partial charge in [-0.25, -0.2) is 0 Å². The second-order valence-electron chi connectivity index (χ2n) is 12.0. The van der Waals surface area contributed by atoms with Gasteiger partial charge in [0.15, 0.2) is 10.8 Å². The molecule has 0 radical (unpaired) electrons. The van der Waals surface area contributed by atoms with Gasteiger partial charge in [0, 0.05) is 12.8 Å². The molecule has 0 heterocycles. The maximum Gasteiger partial charge on any atom is 0.323 e. The molecule has 0 aliphatic heterocycles. The number of carboxylic acids is 8. The first kappa shape index (κ1) is 33.9. The minimum absolute atomic E-state index is 0.130. The molecule has 5 aliphatic carbocycles. The lowest BCUT2D eigenvalue weighted by atomic mass is 9.58. The van der Waals surface area contributed by atoms with Gasteiger partial charge in [0.2, 0.25) is 0 Å². The highest BCUT2D eigenvalue weighted by Crippen LogP contribution is 2.69. The van der Waals surface area contributed by atoms with E-state index < -0.39 is 93.1 Å². The van der Waals surface area contributed by atoms with Gasteiger partial charge >= 0.3 is 47.8 Å². The topological polar surface area (TPSA) is 315 Å². The Kier molecular flexibility index (Phi) is 8.87. The highest BCUT2D eigenvalue weighted by molar-refractivity contribution is 6.09. The monoisotopic (exact) mass is 628 g/mol. The van der Waals surface area contributed by atoms with Crippen LogP contribution in [0.25, 0.3) is 0 Å². The van der Waals surface area contributed by atoms with Crippen molar-refractivity contribution in [3.05, 3.63) is 0 Å². The quantitative estimate of drug-likeness (QED) is 0.170. The molecule has 5 fully saturated rings. The van der Waals surface area contributed by atoms with Gasteiger partial charge in [-0.15, -0.1) is 0 Å². The lowest BCUT2D eigenvalue weighted by molar-refractivity contribution is -0.193. The van der Waals surface area contributed by atoms with E-state index in [0.717, 1.165) is 25.7 Å². The fourth-order valence-corrected chi connectivity index (χ4v) is 8.56. The van der Waals surface area contributed by atoms with Gasteiger partial charge in [-0.05, 0) is 63.2 Å². The Bertz CT molecular complexity index is 1210.